The highest BCUT2D eigenvalue weighted by molar-refractivity contribution is 8.08. The Morgan fingerprint density at radius 1 is 1.15 bits per heavy atom. The van der Waals surface area contributed by atoms with Gasteiger partial charge in [0.05, 0.1) is 5.69 Å². The maximum absolute atomic E-state index is 12.3. The first kappa shape index (κ1) is 15.3. The van der Waals surface area contributed by atoms with E-state index in [4.69, 9.17) is 5.73 Å². The molecule has 0 saturated heterocycles. The van der Waals surface area contributed by atoms with E-state index in [1.807, 2.05) is 0 Å². The minimum Gasteiger partial charge on any atom is -0.326 e. The molecule has 0 bridgehead atoms. The summed E-state index contributed by atoms with van der Waals surface area (Å²) >= 11 is 0. The zero-order valence-corrected chi connectivity index (χ0v) is 12.8. The fourth-order valence-corrected chi connectivity index (χ4v) is 5.74. The summed E-state index contributed by atoms with van der Waals surface area (Å²) in [6, 6.07) is 6.70. The number of hydrogen-bond acceptors (Lipinski definition) is 5. The standard InChI is InChI=1S/C12H18N2O4S2/c1-19(15,16)9-20(17,18)14(12-6-7-12)11-4-2-10(8-13)3-5-11/h2-5,12H,6-9,13H2,1H3. The molecule has 1 fully saturated rings. The summed E-state index contributed by atoms with van der Waals surface area (Å²) in [4.78, 5) is 0. The first-order valence-electron chi connectivity index (χ1n) is 6.22. The lowest BCUT2D eigenvalue weighted by Crippen LogP contribution is -2.37. The lowest BCUT2D eigenvalue weighted by atomic mass is 10.2. The van der Waals surface area contributed by atoms with Crippen LogP contribution in [0.3, 0.4) is 0 Å². The van der Waals surface area contributed by atoms with E-state index in [0.717, 1.165) is 24.7 Å². The normalized spacial score (nSPS) is 16.1. The van der Waals surface area contributed by atoms with Gasteiger partial charge in [-0.15, -0.1) is 0 Å². The van der Waals surface area contributed by atoms with Gasteiger partial charge in [-0.3, -0.25) is 4.31 Å². The maximum Gasteiger partial charge on any atom is 0.249 e. The molecule has 1 aromatic rings. The number of rotatable bonds is 6. The minimum absolute atomic E-state index is 0.134. The molecule has 2 rings (SSSR count). The van der Waals surface area contributed by atoms with E-state index >= 15 is 0 Å². The van der Waals surface area contributed by atoms with E-state index in [-0.39, 0.29) is 6.04 Å². The van der Waals surface area contributed by atoms with Crippen LogP contribution < -0.4 is 10.0 Å². The van der Waals surface area contributed by atoms with E-state index in [0.29, 0.717) is 12.2 Å². The first-order valence-corrected chi connectivity index (χ1v) is 9.89. The predicted octanol–water partition coefficient (Wildman–Crippen LogP) is 0.446. The van der Waals surface area contributed by atoms with Gasteiger partial charge in [-0.25, -0.2) is 16.8 Å². The average Bonchev–Trinajstić information content (AvgIpc) is 3.11. The van der Waals surface area contributed by atoms with E-state index in [9.17, 15) is 16.8 Å². The summed E-state index contributed by atoms with van der Waals surface area (Å²) in [5.41, 5.74) is 6.89. The van der Waals surface area contributed by atoms with Gasteiger partial charge in [0.25, 0.3) is 0 Å². The maximum atomic E-state index is 12.3. The second kappa shape index (κ2) is 5.34. The Balaban J connectivity index is 2.36. The van der Waals surface area contributed by atoms with Crippen molar-refractivity contribution in [2.75, 3.05) is 15.6 Å². The lowest BCUT2D eigenvalue weighted by molar-refractivity contribution is 0.587. The zero-order valence-electron chi connectivity index (χ0n) is 11.2. The fourth-order valence-electron chi connectivity index (χ4n) is 2.01. The number of anilines is 1. The van der Waals surface area contributed by atoms with Crippen LogP contribution in [-0.4, -0.2) is 34.2 Å². The Hall–Kier alpha value is -1.12. The third kappa shape index (κ3) is 3.71. The topological polar surface area (TPSA) is 97.5 Å². The number of hydrogen-bond donors (Lipinski definition) is 1. The number of sulfone groups is 1. The summed E-state index contributed by atoms with van der Waals surface area (Å²) in [6.07, 6.45) is 2.43. The molecular formula is C12H18N2O4S2. The number of benzene rings is 1. The van der Waals surface area contributed by atoms with Gasteiger partial charge < -0.3 is 5.73 Å². The highest BCUT2D eigenvalue weighted by Gasteiger charge is 2.38. The van der Waals surface area contributed by atoms with Crippen molar-refractivity contribution in [3.05, 3.63) is 29.8 Å². The average molecular weight is 318 g/mol. The van der Waals surface area contributed by atoms with E-state index in [1.165, 1.54) is 4.31 Å². The molecule has 1 aliphatic rings. The molecule has 1 aromatic carbocycles. The number of nitrogens with zero attached hydrogens (tertiary/aromatic N) is 1. The number of nitrogens with two attached hydrogens (primary N) is 1. The van der Waals surface area contributed by atoms with Crippen LogP contribution in [0.25, 0.3) is 0 Å². The van der Waals surface area contributed by atoms with Crippen molar-refractivity contribution in [1.82, 2.24) is 0 Å². The highest BCUT2D eigenvalue weighted by atomic mass is 32.3. The van der Waals surface area contributed by atoms with Crippen molar-refractivity contribution in [2.45, 2.75) is 25.4 Å². The molecule has 0 heterocycles. The van der Waals surface area contributed by atoms with Crippen molar-refractivity contribution >= 4 is 25.5 Å². The molecule has 112 valence electrons. The van der Waals surface area contributed by atoms with Crippen LogP contribution in [0.15, 0.2) is 24.3 Å². The molecule has 0 spiro atoms. The SMILES string of the molecule is CS(=O)(=O)CS(=O)(=O)N(c1ccc(CN)cc1)C1CC1. The molecule has 1 aliphatic carbocycles. The van der Waals surface area contributed by atoms with Gasteiger partial charge >= 0.3 is 0 Å². The number of sulfonamides is 1. The van der Waals surface area contributed by atoms with Crippen molar-refractivity contribution in [3.8, 4) is 0 Å². The molecule has 2 N–H and O–H groups in total. The third-order valence-corrected chi connectivity index (χ3v) is 6.98. The van der Waals surface area contributed by atoms with Crippen LogP contribution in [0.4, 0.5) is 5.69 Å². The van der Waals surface area contributed by atoms with Crippen LogP contribution in [0.1, 0.15) is 18.4 Å². The van der Waals surface area contributed by atoms with Gasteiger partial charge in [-0.05, 0) is 30.5 Å². The summed E-state index contributed by atoms with van der Waals surface area (Å²) in [5, 5.41) is -0.866. The second-order valence-corrected chi connectivity index (χ2v) is 9.40. The quantitative estimate of drug-likeness (QED) is 0.821. The molecule has 0 amide bonds. The molecule has 0 unspecified atom stereocenters. The zero-order chi connectivity index (χ0) is 15.0. The van der Waals surface area contributed by atoms with Crippen LogP contribution in [0.2, 0.25) is 0 Å². The van der Waals surface area contributed by atoms with Crippen LogP contribution in [0.5, 0.6) is 0 Å². The minimum atomic E-state index is -3.88. The van der Waals surface area contributed by atoms with Crippen molar-refractivity contribution in [3.63, 3.8) is 0 Å². The molecule has 1 saturated carbocycles. The second-order valence-electron chi connectivity index (χ2n) is 5.05. The monoisotopic (exact) mass is 318 g/mol. The van der Waals surface area contributed by atoms with Crippen molar-refractivity contribution in [2.24, 2.45) is 5.73 Å². The Labute approximate surface area is 119 Å². The van der Waals surface area contributed by atoms with Gasteiger partial charge in [-0.2, -0.15) is 0 Å². The Morgan fingerprint density at radius 3 is 2.10 bits per heavy atom. The molecule has 0 aliphatic heterocycles. The molecule has 6 nitrogen and oxygen atoms in total. The smallest absolute Gasteiger partial charge is 0.249 e. The van der Waals surface area contributed by atoms with Gasteiger partial charge in [0.1, 0.15) is 0 Å². The molecule has 0 radical (unpaired) electrons. The van der Waals surface area contributed by atoms with E-state index in [1.54, 1.807) is 24.3 Å². The fraction of sp³-hybridized carbons (Fsp3) is 0.500. The highest BCUT2D eigenvalue weighted by Crippen LogP contribution is 2.34. The largest absolute Gasteiger partial charge is 0.326 e. The van der Waals surface area contributed by atoms with Gasteiger partial charge in [0, 0.05) is 18.8 Å². The van der Waals surface area contributed by atoms with Crippen molar-refractivity contribution in [1.29, 1.82) is 0 Å². The van der Waals surface area contributed by atoms with E-state index < -0.39 is 24.9 Å². The lowest BCUT2D eigenvalue weighted by Gasteiger charge is -2.24. The van der Waals surface area contributed by atoms with Gasteiger partial charge in [-0.1, -0.05) is 12.1 Å². The first-order chi connectivity index (χ1) is 9.23. The molecule has 20 heavy (non-hydrogen) atoms. The van der Waals surface area contributed by atoms with Gasteiger partial charge in [0.2, 0.25) is 10.0 Å². The van der Waals surface area contributed by atoms with Crippen LogP contribution in [0, 0.1) is 0 Å². The molecular weight excluding hydrogens is 300 g/mol. The summed E-state index contributed by atoms with van der Waals surface area (Å²) in [6.45, 7) is 0.375. The van der Waals surface area contributed by atoms with Crippen LogP contribution >= 0.6 is 0 Å². The van der Waals surface area contributed by atoms with Gasteiger partial charge in [0.15, 0.2) is 14.9 Å². The Morgan fingerprint density at radius 2 is 1.70 bits per heavy atom. The molecule has 8 heteroatoms. The summed E-state index contributed by atoms with van der Waals surface area (Å²) < 4.78 is 48.4. The van der Waals surface area contributed by atoms with Crippen molar-refractivity contribution < 1.29 is 16.8 Å². The molecule has 0 aromatic heterocycles. The third-order valence-electron chi connectivity index (χ3n) is 2.97. The molecule has 0 atom stereocenters. The Bertz CT molecular complexity index is 677. The summed E-state index contributed by atoms with van der Waals surface area (Å²) in [5.74, 6) is 0. The predicted molar refractivity (Wildman–Crippen MR) is 78.5 cm³/mol. The van der Waals surface area contributed by atoms with E-state index in [2.05, 4.69) is 0 Å². The Kier molecular flexibility index (Phi) is 4.08. The summed E-state index contributed by atoms with van der Waals surface area (Å²) in [7, 11) is -7.48. The van der Waals surface area contributed by atoms with Crippen LogP contribution in [-0.2, 0) is 26.4 Å².